The first-order valence-electron chi connectivity index (χ1n) is 5.82. The number of aromatic amines is 1. The van der Waals surface area contributed by atoms with Gasteiger partial charge >= 0.3 is 0 Å². The van der Waals surface area contributed by atoms with Crippen molar-refractivity contribution in [3.63, 3.8) is 0 Å². The number of H-pyrrole nitrogens is 1. The Kier molecular flexibility index (Phi) is 4.16. The fraction of sp³-hybridized carbons (Fsp3) is 0.143. The van der Waals surface area contributed by atoms with Crippen molar-refractivity contribution in [1.29, 1.82) is 0 Å². The van der Waals surface area contributed by atoms with Gasteiger partial charge in [0.05, 0.1) is 6.04 Å². The second kappa shape index (κ2) is 5.84. The van der Waals surface area contributed by atoms with E-state index in [0.29, 0.717) is 0 Å². The van der Waals surface area contributed by atoms with Gasteiger partial charge in [-0.2, -0.15) is 0 Å². The summed E-state index contributed by atoms with van der Waals surface area (Å²) in [7, 11) is 0. The van der Waals surface area contributed by atoms with Crippen molar-refractivity contribution in [2.45, 2.75) is 13.0 Å². The largest absolute Gasteiger partial charge is 0.344 e. The summed E-state index contributed by atoms with van der Waals surface area (Å²) < 4.78 is 0.935. The van der Waals surface area contributed by atoms with E-state index < -0.39 is 0 Å². The summed E-state index contributed by atoms with van der Waals surface area (Å²) in [5.74, 6) is -0.305. The van der Waals surface area contributed by atoms with E-state index >= 15 is 0 Å². The predicted octanol–water partition coefficient (Wildman–Crippen LogP) is 2.63. The van der Waals surface area contributed by atoms with Gasteiger partial charge in [-0.1, -0.05) is 40.2 Å². The number of amides is 1. The van der Waals surface area contributed by atoms with Crippen LogP contribution in [0, 0.1) is 0 Å². The lowest BCUT2D eigenvalue weighted by Crippen LogP contribution is -2.28. The standard InChI is InChI=1S/C14H13BrN2O2/c1-9(10-5-2-3-6-11(10)15)16-14(19)12-7-4-8-13(18)17-12/h2-9H,1H3,(H,16,19)(H,17,18). The Morgan fingerprint density at radius 2 is 1.95 bits per heavy atom. The quantitative estimate of drug-likeness (QED) is 0.913. The van der Waals surface area contributed by atoms with Crippen molar-refractivity contribution >= 4 is 21.8 Å². The fourth-order valence-corrected chi connectivity index (χ4v) is 2.39. The number of carbonyl (C=O) groups is 1. The van der Waals surface area contributed by atoms with Crippen LogP contribution >= 0.6 is 15.9 Å². The minimum Gasteiger partial charge on any atom is -0.344 e. The molecule has 1 atom stereocenters. The normalized spacial score (nSPS) is 11.9. The number of nitrogens with one attached hydrogen (secondary N) is 2. The Morgan fingerprint density at radius 1 is 1.21 bits per heavy atom. The van der Waals surface area contributed by atoms with Crippen LogP contribution in [-0.4, -0.2) is 10.9 Å². The number of aromatic nitrogens is 1. The van der Waals surface area contributed by atoms with Crippen LogP contribution in [0.4, 0.5) is 0 Å². The number of hydrogen-bond acceptors (Lipinski definition) is 2. The zero-order chi connectivity index (χ0) is 13.8. The molecule has 4 nitrogen and oxygen atoms in total. The zero-order valence-electron chi connectivity index (χ0n) is 10.3. The molecule has 1 aromatic heterocycles. The third-order valence-corrected chi connectivity index (χ3v) is 3.45. The van der Waals surface area contributed by atoms with E-state index in [2.05, 4.69) is 26.2 Å². The highest BCUT2D eigenvalue weighted by atomic mass is 79.9. The first kappa shape index (κ1) is 13.5. The van der Waals surface area contributed by atoms with Crippen LogP contribution in [0.15, 0.2) is 51.7 Å². The number of pyridine rings is 1. The van der Waals surface area contributed by atoms with E-state index in [1.807, 2.05) is 31.2 Å². The maximum Gasteiger partial charge on any atom is 0.268 e. The van der Waals surface area contributed by atoms with Crippen LogP contribution in [-0.2, 0) is 0 Å². The van der Waals surface area contributed by atoms with Crippen LogP contribution in [0.1, 0.15) is 29.0 Å². The van der Waals surface area contributed by atoms with Gasteiger partial charge in [0.15, 0.2) is 0 Å². The van der Waals surface area contributed by atoms with Crippen molar-refractivity contribution in [1.82, 2.24) is 10.3 Å². The van der Waals surface area contributed by atoms with E-state index in [0.717, 1.165) is 10.0 Å². The first-order valence-corrected chi connectivity index (χ1v) is 6.62. The maximum atomic E-state index is 12.0. The lowest BCUT2D eigenvalue weighted by molar-refractivity contribution is 0.0934. The molecular weight excluding hydrogens is 308 g/mol. The van der Waals surface area contributed by atoms with Crippen molar-refractivity contribution < 1.29 is 4.79 Å². The first-order chi connectivity index (χ1) is 9.08. The average molecular weight is 321 g/mol. The number of hydrogen-bond donors (Lipinski definition) is 2. The smallest absolute Gasteiger partial charge is 0.268 e. The lowest BCUT2D eigenvalue weighted by atomic mass is 10.1. The lowest BCUT2D eigenvalue weighted by Gasteiger charge is -2.15. The monoisotopic (exact) mass is 320 g/mol. The van der Waals surface area contributed by atoms with E-state index in [4.69, 9.17) is 0 Å². The molecule has 0 radical (unpaired) electrons. The molecule has 0 aliphatic carbocycles. The Labute approximate surface area is 119 Å². The molecule has 2 aromatic rings. The van der Waals surface area contributed by atoms with Crippen LogP contribution in [0.2, 0.25) is 0 Å². The van der Waals surface area contributed by atoms with Crippen LogP contribution in [0.5, 0.6) is 0 Å². The fourth-order valence-electron chi connectivity index (χ4n) is 1.76. The molecule has 1 heterocycles. The number of benzene rings is 1. The number of rotatable bonds is 3. The van der Waals surface area contributed by atoms with Gasteiger partial charge in [0.1, 0.15) is 5.69 Å². The average Bonchev–Trinajstić information content (AvgIpc) is 2.39. The van der Waals surface area contributed by atoms with Crippen molar-refractivity contribution in [3.05, 3.63) is 68.5 Å². The summed E-state index contributed by atoms with van der Waals surface area (Å²) in [4.78, 5) is 25.7. The molecular formula is C14H13BrN2O2. The molecule has 19 heavy (non-hydrogen) atoms. The number of carbonyl (C=O) groups excluding carboxylic acids is 1. The van der Waals surface area contributed by atoms with E-state index in [1.165, 1.54) is 6.07 Å². The van der Waals surface area contributed by atoms with Gasteiger partial charge in [-0.05, 0) is 24.6 Å². The van der Waals surface area contributed by atoms with Crippen LogP contribution in [0.3, 0.4) is 0 Å². The Hall–Kier alpha value is -1.88. The SMILES string of the molecule is CC(NC(=O)c1cccc(=O)[nH]1)c1ccccc1Br. The Balaban J connectivity index is 2.16. The summed E-state index contributed by atoms with van der Waals surface area (Å²) in [5, 5.41) is 2.84. The van der Waals surface area contributed by atoms with Crippen LogP contribution in [0.25, 0.3) is 0 Å². The summed E-state index contributed by atoms with van der Waals surface area (Å²) in [6.45, 7) is 1.89. The molecule has 0 saturated carbocycles. The molecule has 98 valence electrons. The van der Waals surface area contributed by atoms with Gasteiger partial charge in [-0.25, -0.2) is 0 Å². The predicted molar refractivity (Wildman–Crippen MR) is 77.1 cm³/mol. The summed E-state index contributed by atoms with van der Waals surface area (Å²) >= 11 is 3.45. The second-order valence-corrected chi connectivity index (χ2v) is 5.00. The van der Waals surface area contributed by atoms with Crippen molar-refractivity contribution in [3.8, 4) is 0 Å². The van der Waals surface area contributed by atoms with E-state index in [9.17, 15) is 9.59 Å². The summed E-state index contributed by atoms with van der Waals surface area (Å²) in [6, 6.07) is 12.0. The molecule has 0 saturated heterocycles. The van der Waals surface area contributed by atoms with E-state index in [1.54, 1.807) is 12.1 Å². The number of halogens is 1. The molecule has 2 rings (SSSR count). The van der Waals surface area contributed by atoms with Crippen molar-refractivity contribution in [2.75, 3.05) is 0 Å². The van der Waals surface area contributed by atoms with Crippen molar-refractivity contribution in [2.24, 2.45) is 0 Å². The third-order valence-electron chi connectivity index (χ3n) is 2.73. The van der Waals surface area contributed by atoms with Gasteiger partial charge < -0.3 is 10.3 Å². The minimum atomic E-state index is -0.305. The molecule has 0 fully saturated rings. The summed E-state index contributed by atoms with van der Waals surface area (Å²) in [6.07, 6.45) is 0. The van der Waals surface area contributed by atoms with Gasteiger partial charge in [0, 0.05) is 10.5 Å². The van der Waals surface area contributed by atoms with Gasteiger partial charge in [-0.3, -0.25) is 9.59 Å². The maximum absolute atomic E-state index is 12.0. The van der Waals surface area contributed by atoms with Gasteiger partial charge in [0.25, 0.3) is 5.91 Å². The molecule has 0 aliphatic heterocycles. The molecule has 1 unspecified atom stereocenters. The molecule has 0 bridgehead atoms. The van der Waals surface area contributed by atoms with Crippen LogP contribution < -0.4 is 10.9 Å². The third kappa shape index (κ3) is 3.32. The molecule has 0 aliphatic rings. The zero-order valence-corrected chi connectivity index (χ0v) is 11.9. The molecule has 0 spiro atoms. The highest BCUT2D eigenvalue weighted by molar-refractivity contribution is 9.10. The molecule has 1 amide bonds. The summed E-state index contributed by atoms with van der Waals surface area (Å²) in [5.41, 5.74) is 0.946. The topological polar surface area (TPSA) is 62.0 Å². The highest BCUT2D eigenvalue weighted by Gasteiger charge is 2.13. The van der Waals surface area contributed by atoms with Gasteiger partial charge in [-0.15, -0.1) is 0 Å². The minimum absolute atomic E-state index is 0.160. The highest BCUT2D eigenvalue weighted by Crippen LogP contribution is 2.22. The molecule has 1 aromatic carbocycles. The Bertz CT molecular complexity index is 652. The van der Waals surface area contributed by atoms with E-state index in [-0.39, 0.29) is 23.2 Å². The second-order valence-electron chi connectivity index (χ2n) is 4.15. The van der Waals surface area contributed by atoms with Gasteiger partial charge in [0.2, 0.25) is 5.56 Å². The molecule has 2 N–H and O–H groups in total. The Morgan fingerprint density at radius 3 is 2.63 bits per heavy atom. The molecule has 5 heteroatoms.